The van der Waals surface area contributed by atoms with E-state index in [4.69, 9.17) is 5.73 Å². The van der Waals surface area contributed by atoms with Gasteiger partial charge in [0.15, 0.2) is 0 Å². The number of β-amino-alcohol motifs (C(OH)–C–C–N with tert-alkyl or cyclic N) is 1. The van der Waals surface area contributed by atoms with Gasteiger partial charge in [-0.15, -0.1) is 0 Å². The Morgan fingerprint density at radius 1 is 1.29 bits per heavy atom. The summed E-state index contributed by atoms with van der Waals surface area (Å²) in [4.78, 5) is 2.40. The summed E-state index contributed by atoms with van der Waals surface area (Å²) >= 11 is 0. The highest BCUT2D eigenvalue weighted by Gasteiger charge is 2.27. The summed E-state index contributed by atoms with van der Waals surface area (Å²) in [7, 11) is 0. The van der Waals surface area contributed by atoms with Gasteiger partial charge in [0, 0.05) is 19.1 Å². The molecular formula is C14H28N2O. The zero-order chi connectivity index (χ0) is 12.3. The van der Waals surface area contributed by atoms with Crippen LogP contribution in [0.4, 0.5) is 0 Å². The van der Waals surface area contributed by atoms with Crippen molar-refractivity contribution in [2.45, 2.75) is 57.6 Å². The van der Waals surface area contributed by atoms with Crippen molar-refractivity contribution in [3.8, 4) is 0 Å². The molecule has 0 aromatic heterocycles. The molecule has 1 heterocycles. The summed E-state index contributed by atoms with van der Waals surface area (Å²) in [6.45, 7) is 5.16. The standard InChI is InChI=1S/C14H28N2O/c1-11(15)13-6-7-16(9-13)10-14(17)8-12-4-2-3-5-12/h11-14,17H,2-10,15H2,1H3. The lowest BCUT2D eigenvalue weighted by Crippen LogP contribution is -2.34. The van der Waals surface area contributed by atoms with E-state index in [9.17, 15) is 5.11 Å². The highest BCUT2D eigenvalue weighted by atomic mass is 16.3. The molecule has 0 bridgehead atoms. The van der Waals surface area contributed by atoms with Gasteiger partial charge in [0.1, 0.15) is 0 Å². The molecule has 17 heavy (non-hydrogen) atoms. The van der Waals surface area contributed by atoms with E-state index >= 15 is 0 Å². The van der Waals surface area contributed by atoms with Gasteiger partial charge in [0.2, 0.25) is 0 Å². The Morgan fingerprint density at radius 3 is 2.59 bits per heavy atom. The first-order chi connectivity index (χ1) is 8.15. The molecule has 3 atom stereocenters. The van der Waals surface area contributed by atoms with Crippen LogP contribution in [-0.2, 0) is 0 Å². The van der Waals surface area contributed by atoms with Crippen LogP contribution in [0.3, 0.4) is 0 Å². The number of hydrogen-bond acceptors (Lipinski definition) is 3. The fourth-order valence-electron chi connectivity index (χ4n) is 3.46. The van der Waals surface area contributed by atoms with E-state index in [1.807, 2.05) is 0 Å². The van der Waals surface area contributed by atoms with Gasteiger partial charge < -0.3 is 15.7 Å². The quantitative estimate of drug-likeness (QED) is 0.767. The molecule has 2 aliphatic rings. The van der Waals surface area contributed by atoms with E-state index < -0.39 is 0 Å². The number of hydrogen-bond donors (Lipinski definition) is 2. The van der Waals surface area contributed by atoms with Gasteiger partial charge in [-0.05, 0) is 38.1 Å². The Labute approximate surface area is 105 Å². The fraction of sp³-hybridized carbons (Fsp3) is 1.00. The van der Waals surface area contributed by atoms with Crippen LogP contribution in [0.15, 0.2) is 0 Å². The Bertz CT molecular complexity index is 226. The maximum atomic E-state index is 10.1. The van der Waals surface area contributed by atoms with Crippen molar-refractivity contribution in [1.82, 2.24) is 4.90 Å². The molecule has 0 spiro atoms. The minimum absolute atomic E-state index is 0.120. The minimum atomic E-state index is -0.120. The molecule has 1 saturated heterocycles. The molecule has 3 heteroatoms. The second-order valence-electron chi connectivity index (χ2n) is 6.21. The predicted octanol–water partition coefficient (Wildman–Crippen LogP) is 1.60. The van der Waals surface area contributed by atoms with E-state index in [1.165, 1.54) is 32.1 Å². The maximum Gasteiger partial charge on any atom is 0.0669 e. The third-order valence-electron chi connectivity index (χ3n) is 4.60. The summed E-state index contributed by atoms with van der Waals surface area (Å²) in [5.41, 5.74) is 5.93. The second kappa shape index (κ2) is 6.17. The first-order valence-corrected chi connectivity index (χ1v) is 7.31. The zero-order valence-corrected chi connectivity index (χ0v) is 11.1. The summed E-state index contributed by atoms with van der Waals surface area (Å²) in [5, 5.41) is 10.1. The van der Waals surface area contributed by atoms with Gasteiger partial charge in [0.25, 0.3) is 0 Å². The molecule has 0 radical (unpaired) electrons. The van der Waals surface area contributed by atoms with Crippen molar-refractivity contribution in [3.05, 3.63) is 0 Å². The lowest BCUT2D eigenvalue weighted by molar-refractivity contribution is 0.0993. The summed E-state index contributed by atoms with van der Waals surface area (Å²) < 4.78 is 0. The van der Waals surface area contributed by atoms with Gasteiger partial charge >= 0.3 is 0 Å². The van der Waals surface area contributed by atoms with Crippen LogP contribution in [0.2, 0.25) is 0 Å². The summed E-state index contributed by atoms with van der Waals surface area (Å²) in [5.74, 6) is 1.42. The van der Waals surface area contributed by atoms with Crippen molar-refractivity contribution in [1.29, 1.82) is 0 Å². The third kappa shape index (κ3) is 3.94. The molecule has 0 aromatic rings. The van der Waals surface area contributed by atoms with Crippen molar-refractivity contribution in [2.24, 2.45) is 17.6 Å². The largest absolute Gasteiger partial charge is 0.392 e. The molecule has 3 N–H and O–H groups in total. The molecular weight excluding hydrogens is 212 g/mol. The van der Waals surface area contributed by atoms with Gasteiger partial charge in [-0.1, -0.05) is 25.7 Å². The number of likely N-dealkylation sites (tertiary alicyclic amines) is 1. The van der Waals surface area contributed by atoms with Crippen molar-refractivity contribution < 1.29 is 5.11 Å². The highest BCUT2D eigenvalue weighted by molar-refractivity contribution is 4.82. The molecule has 1 aliphatic carbocycles. The molecule has 2 fully saturated rings. The van der Waals surface area contributed by atoms with E-state index in [1.54, 1.807) is 0 Å². The molecule has 2 rings (SSSR count). The van der Waals surface area contributed by atoms with Crippen LogP contribution in [0.25, 0.3) is 0 Å². The Hall–Kier alpha value is -0.120. The monoisotopic (exact) mass is 240 g/mol. The minimum Gasteiger partial charge on any atom is -0.392 e. The second-order valence-corrected chi connectivity index (χ2v) is 6.21. The maximum absolute atomic E-state index is 10.1. The van der Waals surface area contributed by atoms with Gasteiger partial charge in [-0.3, -0.25) is 0 Å². The van der Waals surface area contributed by atoms with E-state index in [0.29, 0.717) is 12.0 Å². The number of nitrogens with zero attached hydrogens (tertiary/aromatic N) is 1. The van der Waals surface area contributed by atoms with Crippen molar-refractivity contribution >= 4 is 0 Å². The van der Waals surface area contributed by atoms with Crippen LogP contribution in [0, 0.1) is 11.8 Å². The summed E-state index contributed by atoms with van der Waals surface area (Å²) in [6.07, 6.45) is 7.50. The van der Waals surface area contributed by atoms with E-state index in [2.05, 4.69) is 11.8 Å². The SMILES string of the molecule is CC(N)C1CCN(CC(O)CC2CCCC2)C1. The molecule has 3 unspecified atom stereocenters. The first kappa shape index (κ1) is 13.3. The van der Waals surface area contributed by atoms with Gasteiger partial charge in [-0.2, -0.15) is 0 Å². The van der Waals surface area contributed by atoms with Gasteiger partial charge in [-0.25, -0.2) is 0 Å². The number of nitrogens with two attached hydrogens (primary N) is 1. The van der Waals surface area contributed by atoms with Crippen LogP contribution < -0.4 is 5.73 Å². The van der Waals surface area contributed by atoms with Crippen LogP contribution in [-0.4, -0.2) is 41.8 Å². The van der Waals surface area contributed by atoms with E-state index in [0.717, 1.165) is 32.0 Å². The average Bonchev–Trinajstić information content (AvgIpc) is 2.88. The third-order valence-corrected chi connectivity index (χ3v) is 4.60. The Kier molecular flexibility index (Phi) is 4.83. The van der Waals surface area contributed by atoms with Crippen molar-refractivity contribution in [3.63, 3.8) is 0 Å². The molecule has 3 nitrogen and oxygen atoms in total. The number of aliphatic hydroxyl groups is 1. The smallest absolute Gasteiger partial charge is 0.0669 e. The Morgan fingerprint density at radius 2 is 2.00 bits per heavy atom. The zero-order valence-electron chi connectivity index (χ0n) is 11.1. The normalized spacial score (nSPS) is 30.9. The highest BCUT2D eigenvalue weighted by Crippen LogP contribution is 2.29. The first-order valence-electron chi connectivity index (χ1n) is 7.31. The van der Waals surface area contributed by atoms with Crippen LogP contribution in [0.1, 0.15) is 45.4 Å². The molecule has 1 saturated carbocycles. The van der Waals surface area contributed by atoms with Crippen LogP contribution in [0.5, 0.6) is 0 Å². The van der Waals surface area contributed by atoms with Gasteiger partial charge in [0.05, 0.1) is 6.10 Å². The number of aliphatic hydroxyl groups excluding tert-OH is 1. The van der Waals surface area contributed by atoms with E-state index in [-0.39, 0.29) is 6.10 Å². The fourth-order valence-corrected chi connectivity index (χ4v) is 3.46. The van der Waals surface area contributed by atoms with Crippen LogP contribution >= 0.6 is 0 Å². The average molecular weight is 240 g/mol. The number of rotatable bonds is 5. The predicted molar refractivity (Wildman–Crippen MR) is 70.8 cm³/mol. The Balaban J connectivity index is 1.66. The lowest BCUT2D eigenvalue weighted by Gasteiger charge is -2.22. The molecule has 100 valence electrons. The molecule has 0 amide bonds. The van der Waals surface area contributed by atoms with Crippen molar-refractivity contribution in [2.75, 3.05) is 19.6 Å². The topological polar surface area (TPSA) is 49.5 Å². The molecule has 1 aliphatic heterocycles. The lowest BCUT2D eigenvalue weighted by atomic mass is 10.00. The summed E-state index contributed by atoms with van der Waals surface area (Å²) in [6, 6.07) is 0.298. The molecule has 0 aromatic carbocycles.